The van der Waals surface area contributed by atoms with Gasteiger partial charge in [0.05, 0.1) is 18.7 Å². The molecule has 0 radical (unpaired) electrons. The van der Waals surface area contributed by atoms with E-state index in [0.29, 0.717) is 43.3 Å². The van der Waals surface area contributed by atoms with Gasteiger partial charge in [0.2, 0.25) is 0 Å². The van der Waals surface area contributed by atoms with Crippen LogP contribution in [0.1, 0.15) is 28.4 Å². The van der Waals surface area contributed by atoms with E-state index in [-0.39, 0.29) is 12.5 Å². The van der Waals surface area contributed by atoms with E-state index >= 15 is 0 Å². The molecule has 1 aromatic carbocycles. The van der Waals surface area contributed by atoms with E-state index in [1.165, 1.54) is 6.20 Å². The summed E-state index contributed by atoms with van der Waals surface area (Å²) in [5.74, 6) is 0.395. The number of ether oxygens (including phenoxy) is 1. The van der Waals surface area contributed by atoms with Crippen molar-refractivity contribution in [3.63, 3.8) is 0 Å². The average Bonchev–Trinajstić information content (AvgIpc) is 2.75. The van der Waals surface area contributed by atoms with E-state index < -0.39 is 12.8 Å². The fourth-order valence-electron chi connectivity index (χ4n) is 2.49. The lowest BCUT2D eigenvalue weighted by molar-refractivity contribution is -0.176. The summed E-state index contributed by atoms with van der Waals surface area (Å²) in [5, 5.41) is 9.04. The number of nitrogens with zero attached hydrogens (tertiary/aromatic N) is 2. The summed E-state index contributed by atoms with van der Waals surface area (Å²) in [4.78, 5) is 20.4. The van der Waals surface area contributed by atoms with Crippen LogP contribution in [-0.2, 0) is 17.9 Å². The first-order valence-electron chi connectivity index (χ1n) is 9.80. The first-order chi connectivity index (χ1) is 14.9. The number of aliphatic imine (C=N–C) groups is 1. The van der Waals surface area contributed by atoms with Crippen molar-refractivity contribution in [2.75, 3.05) is 26.2 Å². The third kappa shape index (κ3) is 9.94. The van der Waals surface area contributed by atoms with Crippen molar-refractivity contribution < 1.29 is 22.7 Å². The molecule has 0 spiro atoms. The van der Waals surface area contributed by atoms with Crippen LogP contribution in [0.25, 0.3) is 0 Å². The Morgan fingerprint density at radius 1 is 1.06 bits per heavy atom. The number of rotatable bonds is 10. The van der Waals surface area contributed by atoms with Crippen molar-refractivity contribution in [1.29, 1.82) is 0 Å². The second-order valence-corrected chi connectivity index (χ2v) is 6.54. The largest absolute Gasteiger partial charge is 0.411 e. The van der Waals surface area contributed by atoms with E-state index in [4.69, 9.17) is 0 Å². The average molecular weight is 437 g/mol. The lowest BCUT2D eigenvalue weighted by Crippen LogP contribution is -2.41. The summed E-state index contributed by atoms with van der Waals surface area (Å²) in [6.45, 7) is 2.52. The van der Waals surface area contributed by atoms with Crippen LogP contribution >= 0.6 is 0 Å². The summed E-state index contributed by atoms with van der Waals surface area (Å²) in [7, 11) is 0. The zero-order valence-electron chi connectivity index (χ0n) is 17.2. The smallest absolute Gasteiger partial charge is 0.367 e. The van der Waals surface area contributed by atoms with Crippen LogP contribution in [0, 0.1) is 0 Å². The Labute approximate surface area is 179 Å². The summed E-state index contributed by atoms with van der Waals surface area (Å²) in [5.41, 5.74) is 2.06. The molecule has 31 heavy (non-hydrogen) atoms. The predicted molar refractivity (Wildman–Crippen MR) is 112 cm³/mol. The fourth-order valence-corrected chi connectivity index (χ4v) is 2.49. The molecule has 2 rings (SSSR count). The number of amides is 1. The zero-order valence-corrected chi connectivity index (χ0v) is 17.2. The molecule has 168 valence electrons. The molecule has 1 heterocycles. The number of aromatic nitrogens is 1. The molecule has 0 unspecified atom stereocenters. The van der Waals surface area contributed by atoms with E-state index in [1.54, 1.807) is 42.6 Å². The Kier molecular flexibility index (Phi) is 9.76. The van der Waals surface area contributed by atoms with E-state index in [0.717, 1.165) is 5.56 Å². The Balaban J connectivity index is 1.76. The second-order valence-electron chi connectivity index (χ2n) is 6.54. The topological polar surface area (TPSA) is 87.6 Å². The molecule has 7 nitrogen and oxygen atoms in total. The molecule has 3 N–H and O–H groups in total. The van der Waals surface area contributed by atoms with Gasteiger partial charge < -0.3 is 20.7 Å². The van der Waals surface area contributed by atoms with E-state index in [9.17, 15) is 18.0 Å². The number of alkyl halides is 3. The maximum absolute atomic E-state index is 12.1. The summed E-state index contributed by atoms with van der Waals surface area (Å²) in [6.07, 6.45) is -1.22. The molecular weight excluding hydrogens is 411 g/mol. The normalized spacial score (nSPS) is 11.8. The van der Waals surface area contributed by atoms with Gasteiger partial charge in [-0.15, -0.1) is 0 Å². The lowest BCUT2D eigenvalue weighted by atomic mass is 10.1. The van der Waals surface area contributed by atoms with Gasteiger partial charge in [-0.1, -0.05) is 24.3 Å². The van der Waals surface area contributed by atoms with Gasteiger partial charge in [-0.05, 0) is 30.2 Å². The van der Waals surface area contributed by atoms with Gasteiger partial charge in [-0.3, -0.25) is 9.78 Å². The van der Waals surface area contributed by atoms with E-state index in [1.807, 2.05) is 6.92 Å². The van der Waals surface area contributed by atoms with Crippen molar-refractivity contribution >= 4 is 11.9 Å². The molecular formula is C21H26F3N5O2. The number of pyridine rings is 1. The SMILES string of the molecule is CCNC(=NCc1ccc(COCC(F)(F)F)cc1)NCCNC(=O)c1cccnc1. The highest BCUT2D eigenvalue weighted by atomic mass is 19.4. The fraction of sp³-hybridized carbons (Fsp3) is 0.381. The van der Waals surface area contributed by atoms with Crippen LogP contribution < -0.4 is 16.0 Å². The molecule has 0 bridgehead atoms. The number of hydrogen-bond donors (Lipinski definition) is 3. The number of hydrogen-bond acceptors (Lipinski definition) is 4. The Bertz CT molecular complexity index is 827. The van der Waals surface area contributed by atoms with Crippen LogP contribution in [0.15, 0.2) is 53.8 Å². The van der Waals surface area contributed by atoms with Gasteiger partial charge >= 0.3 is 6.18 Å². The zero-order chi connectivity index (χ0) is 22.5. The van der Waals surface area contributed by atoms with Crippen molar-refractivity contribution in [3.8, 4) is 0 Å². The highest BCUT2D eigenvalue weighted by Gasteiger charge is 2.27. The first-order valence-corrected chi connectivity index (χ1v) is 9.80. The molecule has 0 aliphatic carbocycles. The second kappa shape index (κ2) is 12.5. The molecule has 10 heteroatoms. The quantitative estimate of drug-likeness (QED) is 0.302. The molecule has 0 atom stereocenters. The van der Waals surface area contributed by atoms with Crippen molar-refractivity contribution in [1.82, 2.24) is 20.9 Å². The van der Waals surface area contributed by atoms with Gasteiger partial charge in [0.1, 0.15) is 6.61 Å². The van der Waals surface area contributed by atoms with Gasteiger partial charge in [-0.25, -0.2) is 4.99 Å². The maximum atomic E-state index is 12.1. The number of carbonyl (C=O) groups is 1. The molecule has 2 aromatic rings. The Hall–Kier alpha value is -3.14. The third-order valence-corrected chi connectivity index (χ3v) is 3.95. The predicted octanol–water partition coefficient (Wildman–Crippen LogP) is 2.65. The van der Waals surface area contributed by atoms with E-state index in [2.05, 4.69) is 30.7 Å². The maximum Gasteiger partial charge on any atom is 0.411 e. The summed E-state index contributed by atoms with van der Waals surface area (Å²) in [6, 6.07) is 10.4. The number of carbonyl (C=O) groups excluding carboxylic acids is 1. The third-order valence-electron chi connectivity index (χ3n) is 3.95. The van der Waals surface area contributed by atoms with Crippen molar-refractivity contribution in [3.05, 3.63) is 65.5 Å². The van der Waals surface area contributed by atoms with Gasteiger partial charge in [0.15, 0.2) is 5.96 Å². The van der Waals surface area contributed by atoms with Crippen LogP contribution in [0.4, 0.5) is 13.2 Å². The lowest BCUT2D eigenvalue weighted by Gasteiger charge is -2.12. The first kappa shape index (κ1) is 24.1. The number of halogens is 3. The van der Waals surface area contributed by atoms with Crippen LogP contribution in [0.2, 0.25) is 0 Å². The molecule has 0 fully saturated rings. The molecule has 1 amide bonds. The van der Waals surface area contributed by atoms with Gasteiger partial charge in [0, 0.05) is 32.0 Å². The molecule has 0 aliphatic heterocycles. The Morgan fingerprint density at radius 2 is 1.77 bits per heavy atom. The minimum Gasteiger partial charge on any atom is -0.367 e. The Morgan fingerprint density at radius 3 is 2.42 bits per heavy atom. The van der Waals surface area contributed by atoms with Crippen LogP contribution in [-0.4, -0.2) is 49.3 Å². The highest BCUT2D eigenvalue weighted by Crippen LogP contribution is 2.16. The number of guanidine groups is 1. The van der Waals surface area contributed by atoms with Crippen molar-refractivity contribution in [2.24, 2.45) is 4.99 Å². The minimum atomic E-state index is -4.33. The van der Waals surface area contributed by atoms with Crippen LogP contribution in [0.3, 0.4) is 0 Å². The summed E-state index contributed by atoms with van der Waals surface area (Å²) < 4.78 is 41.0. The molecule has 0 aliphatic rings. The standard InChI is InChI=1S/C21H26F3N5O2/c1-2-26-20(28-11-10-27-19(30)18-4-3-9-25-13-18)29-12-16-5-7-17(8-6-16)14-31-15-21(22,23)24/h3-9,13H,2,10-12,14-15H2,1H3,(H,27,30)(H2,26,28,29). The molecule has 1 aromatic heterocycles. The summed E-state index contributed by atoms with van der Waals surface area (Å²) >= 11 is 0. The highest BCUT2D eigenvalue weighted by molar-refractivity contribution is 5.93. The molecule has 0 saturated carbocycles. The number of benzene rings is 1. The van der Waals surface area contributed by atoms with Crippen molar-refractivity contribution in [2.45, 2.75) is 26.3 Å². The van der Waals surface area contributed by atoms with Gasteiger partial charge in [0.25, 0.3) is 5.91 Å². The number of nitrogens with one attached hydrogen (secondary N) is 3. The monoisotopic (exact) mass is 437 g/mol. The van der Waals surface area contributed by atoms with Gasteiger partial charge in [-0.2, -0.15) is 13.2 Å². The minimum absolute atomic E-state index is 0.0992. The molecule has 0 saturated heterocycles. The van der Waals surface area contributed by atoms with Crippen LogP contribution in [0.5, 0.6) is 0 Å².